The Kier molecular flexibility index (Phi) is 5.41. The predicted octanol–water partition coefficient (Wildman–Crippen LogP) is 3.19. The number of rotatable bonds is 5. The molecule has 22 heavy (non-hydrogen) atoms. The Morgan fingerprint density at radius 1 is 1.23 bits per heavy atom. The number of ether oxygens (including phenoxy) is 2. The highest BCUT2D eigenvalue weighted by Crippen LogP contribution is 2.25. The minimum atomic E-state index is -0.598. The van der Waals surface area contributed by atoms with E-state index in [-0.39, 0.29) is 10.8 Å². The average molecular weight is 342 g/mol. The monoisotopic (exact) mass is 341 g/mol. The van der Waals surface area contributed by atoms with Gasteiger partial charge in [-0.2, -0.15) is 0 Å². The Morgan fingerprint density at radius 3 is 2.64 bits per heavy atom. The van der Waals surface area contributed by atoms with E-state index in [0.29, 0.717) is 23.0 Å². The zero-order valence-corrected chi connectivity index (χ0v) is 13.4. The van der Waals surface area contributed by atoms with E-state index in [1.54, 1.807) is 19.2 Å². The van der Waals surface area contributed by atoms with Crippen LogP contribution in [-0.4, -0.2) is 30.4 Å². The van der Waals surface area contributed by atoms with Crippen molar-refractivity contribution in [3.63, 3.8) is 0 Å². The molecule has 0 aliphatic heterocycles. The second-order valence-electron chi connectivity index (χ2n) is 4.24. The van der Waals surface area contributed by atoms with Crippen LogP contribution in [0.4, 0.5) is 5.69 Å². The number of nitrogens with one attached hydrogen (secondary N) is 1. The van der Waals surface area contributed by atoms with Crippen LogP contribution in [0.2, 0.25) is 10.2 Å². The number of halogens is 2. The lowest BCUT2D eigenvalue weighted by atomic mass is 10.2. The molecule has 0 fully saturated rings. The summed E-state index contributed by atoms with van der Waals surface area (Å²) in [5.74, 6) is -0.00582. The molecule has 0 radical (unpaired) electrons. The molecule has 0 saturated carbocycles. The molecule has 0 aliphatic carbocycles. The first-order chi connectivity index (χ1) is 10.5. The van der Waals surface area contributed by atoms with Crippen LogP contribution < -0.4 is 10.1 Å². The van der Waals surface area contributed by atoms with Gasteiger partial charge in [0.1, 0.15) is 5.75 Å². The van der Waals surface area contributed by atoms with Gasteiger partial charge in [0.05, 0.1) is 24.9 Å². The molecule has 0 saturated heterocycles. The van der Waals surface area contributed by atoms with Gasteiger partial charge in [0.25, 0.3) is 0 Å². The van der Waals surface area contributed by atoms with Crippen LogP contribution in [0.25, 0.3) is 0 Å². The zero-order valence-electron chi connectivity index (χ0n) is 11.9. The van der Waals surface area contributed by atoms with E-state index in [9.17, 15) is 4.79 Å². The molecule has 0 unspecified atom stereocenters. The van der Waals surface area contributed by atoms with Gasteiger partial charge in [0, 0.05) is 12.6 Å². The summed E-state index contributed by atoms with van der Waals surface area (Å²) < 4.78 is 9.75. The van der Waals surface area contributed by atoms with Crippen LogP contribution >= 0.6 is 23.2 Å². The van der Waals surface area contributed by atoms with Gasteiger partial charge in [-0.15, -0.1) is 10.2 Å². The highest BCUT2D eigenvalue weighted by atomic mass is 35.5. The number of hydrogen-bond acceptors (Lipinski definition) is 6. The zero-order chi connectivity index (χ0) is 16.1. The molecule has 0 bridgehead atoms. The summed E-state index contributed by atoms with van der Waals surface area (Å²) in [6.07, 6.45) is 0. The predicted molar refractivity (Wildman–Crippen MR) is 83.7 cm³/mol. The molecule has 2 rings (SSSR count). The normalized spacial score (nSPS) is 10.2. The summed E-state index contributed by atoms with van der Waals surface area (Å²) in [4.78, 5) is 11.6. The lowest BCUT2D eigenvalue weighted by molar-refractivity contribution is 0.0594. The third-order valence-electron chi connectivity index (χ3n) is 2.84. The molecule has 0 spiro atoms. The molecule has 1 aromatic carbocycles. The van der Waals surface area contributed by atoms with E-state index < -0.39 is 5.97 Å². The fourth-order valence-electron chi connectivity index (χ4n) is 1.77. The summed E-state index contributed by atoms with van der Waals surface area (Å²) in [6.45, 7) is 0.412. The molecule has 1 heterocycles. The van der Waals surface area contributed by atoms with Crippen molar-refractivity contribution in [2.24, 2.45) is 0 Å². The number of carbonyl (C=O) groups is 1. The number of esters is 1. The van der Waals surface area contributed by atoms with Crippen molar-refractivity contribution < 1.29 is 14.3 Å². The maximum absolute atomic E-state index is 11.6. The van der Waals surface area contributed by atoms with E-state index >= 15 is 0 Å². The third-order valence-corrected chi connectivity index (χ3v) is 3.32. The van der Waals surface area contributed by atoms with Gasteiger partial charge in [0.15, 0.2) is 10.8 Å². The van der Waals surface area contributed by atoms with Crippen LogP contribution in [0.15, 0.2) is 24.3 Å². The van der Waals surface area contributed by atoms with E-state index in [2.05, 4.69) is 20.3 Å². The molecule has 2 aromatic rings. The van der Waals surface area contributed by atoms with Gasteiger partial charge in [0.2, 0.25) is 0 Å². The molecule has 0 aliphatic rings. The first-order valence-corrected chi connectivity index (χ1v) is 6.98. The average Bonchev–Trinajstić information content (AvgIpc) is 2.52. The van der Waals surface area contributed by atoms with Crippen LogP contribution in [0.5, 0.6) is 5.75 Å². The maximum Gasteiger partial charge on any atom is 0.360 e. The molecular formula is C14H13Cl2N3O3. The number of methoxy groups -OCH3 is 2. The summed E-state index contributed by atoms with van der Waals surface area (Å²) in [5, 5.41) is 11.1. The molecule has 0 atom stereocenters. The van der Waals surface area contributed by atoms with Crippen molar-refractivity contribution in [3.8, 4) is 5.75 Å². The summed E-state index contributed by atoms with van der Waals surface area (Å²) in [6, 6.07) is 6.89. The second kappa shape index (κ2) is 7.29. The highest BCUT2D eigenvalue weighted by Gasteiger charge is 2.15. The first-order valence-electron chi connectivity index (χ1n) is 6.23. The van der Waals surface area contributed by atoms with Crippen LogP contribution in [-0.2, 0) is 11.3 Å². The van der Waals surface area contributed by atoms with Crippen LogP contribution in [0, 0.1) is 0 Å². The Hall–Kier alpha value is -2.05. The maximum atomic E-state index is 11.6. The SMILES string of the molecule is COC(=O)c1nnc(Cl)cc1NCc1ccc(OC)c(Cl)c1. The second-order valence-corrected chi connectivity index (χ2v) is 5.04. The molecule has 8 heteroatoms. The number of carbonyl (C=O) groups excluding carboxylic acids is 1. The third kappa shape index (κ3) is 3.78. The lowest BCUT2D eigenvalue weighted by Crippen LogP contribution is -2.11. The van der Waals surface area contributed by atoms with Gasteiger partial charge in [-0.25, -0.2) is 4.79 Å². The van der Waals surface area contributed by atoms with E-state index in [1.165, 1.54) is 13.2 Å². The van der Waals surface area contributed by atoms with Gasteiger partial charge >= 0.3 is 5.97 Å². The number of hydrogen-bond donors (Lipinski definition) is 1. The molecule has 6 nitrogen and oxygen atoms in total. The molecule has 116 valence electrons. The minimum absolute atomic E-state index is 0.0616. The van der Waals surface area contributed by atoms with Crippen molar-refractivity contribution in [1.82, 2.24) is 10.2 Å². The molecule has 0 amide bonds. The smallest absolute Gasteiger partial charge is 0.360 e. The summed E-state index contributed by atoms with van der Waals surface area (Å²) in [5.41, 5.74) is 1.39. The van der Waals surface area contributed by atoms with Crippen molar-refractivity contribution in [3.05, 3.63) is 45.7 Å². The number of aromatic nitrogens is 2. The quantitative estimate of drug-likeness (QED) is 0.842. The van der Waals surface area contributed by atoms with Gasteiger partial charge in [-0.05, 0) is 17.7 Å². The Bertz CT molecular complexity index is 695. The van der Waals surface area contributed by atoms with Gasteiger partial charge < -0.3 is 14.8 Å². The standard InChI is InChI=1S/C14H13Cl2N3O3/c1-21-11-4-3-8(5-9(11)15)7-17-10-6-12(16)18-19-13(10)14(20)22-2/h3-6H,7H2,1-2H3,(H,17,18). The summed E-state index contributed by atoms with van der Waals surface area (Å²) in [7, 11) is 2.82. The number of benzene rings is 1. The molecule has 1 N–H and O–H groups in total. The van der Waals surface area contributed by atoms with Crippen LogP contribution in [0.1, 0.15) is 16.1 Å². The van der Waals surface area contributed by atoms with Gasteiger partial charge in [-0.3, -0.25) is 0 Å². The number of anilines is 1. The fourth-order valence-corrected chi connectivity index (χ4v) is 2.19. The van der Waals surface area contributed by atoms with Gasteiger partial charge in [-0.1, -0.05) is 29.3 Å². The van der Waals surface area contributed by atoms with E-state index in [1.807, 2.05) is 6.07 Å². The van der Waals surface area contributed by atoms with Crippen molar-refractivity contribution in [2.75, 3.05) is 19.5 Å². The minimum Gasteiger partial charge on any atom is -0.495 e. The van der Waals surface area contributed by atoms with Crippen molar-refractivity contribution in [2.45, 2.75) is 6.54 Å². The van der Waals surface area contributed by atoms with E-state index in [0.717, 1.165) is 5.56 Å². The largest absolute Gasteiger partial charge is 0.495 e. The highest BCUT2D eigenvalue weighted by molar-refractivity contribution is 6.32. The Balaban J connectivity index is 2.19. The fraction of sp³-hybridized carbons (Fsp3) is 0.214. The van der Waals surface area contributed by atoms with E-state index in [4.69, 9.17) is 27.9 Å². The van der Waals surface area contributed by atoms with Crippen LogP contribution in [0.3, 0.4) is 0 Å². The van der Waals surface area contributed by atoms with Crippen molar-refractivity contribution in [1.29, 1.82) is 0 Å². The summed E-state index contributed by atoms with van der Waals surface area (Å²) >= 11 is 11.9. The topological polar surface area (TPSA) is 73.3 Å². The van der Waals surface area contributed by atoms with Crippen molar-refractivity contribution >= 4 is 34.9 Å². The molecule has 1 aromatic heterocycles. The number of nitrogens with zero attached hydrogens (tertiary/aromatic N) is 2. The molecular weight excluding hydrogens is 329 g/mol. The Morgan fingerprint density at radius 2 is 2.00 bits per heavy atom. The lowest BCUT2D eigenvalue weighted by Gasteiger charge is -2.11. The Labute approximate surface area is 137 Å². The first kappa shape index (κ1) is 16.3.